The zero-order valence-corrected chi connectivity index (χ0v) is 17.4. The van der Waals surface area contributed by atoms with Crippen LogP contribution < -0.4 is 14.8 Å². The number of ether oxygens (including phenoxy) is 2. The quantitative estimate of drug-likeness (QED) is 0.740. The van der Waals surface area contributed by atoms with E-state index in [4.69, 9.17) is 9.47 Å². The van der Waals surface area contributed by atoms with Crippen molar-refractivity contribution >= 4 is 5.91 Å². The molecule has 2 atom stereocenters. The van der Waals surface area contributed by atoms with Gasteiger partial charge in [0.05, 0.1) is 13.7 Å². The van der Waals surface area contributed by atoms with Gasteiger partial charge in [-0.2, -0.15) is 0 Å². The van der Waals surface area contributed by atoms with Crippen LogP contribution in [-0.2, 0) is 4.79 Å². The third-order valence-electron chi connectivity index (χ3n) is 6.03. The molecule has 0 radical (unpaired) electrons. The summed E-state index contributed by atoms with van der Waals surface area (Å²) < 4.78 is 11.0. The third kappa shape index (κ3) is 6.38. The second-order valence-electron chi connectivity index (χ2n) is 8.08. The topological polar surface area (TPSA) is 54.0 Å². The van der Waals surface area contributed by atoms with E-state index in [9.17, 15) is 4.79 Å². The van der Waals surface area contributed by atoms with Gasteiger partial charge in [-0.3, -0.25) is 14.6 Å². The zero-order chi connectivity index (χ0) is 19.8. The van der Waals surface area contributed by atoms with Crippen molar-refractivity contribution in [2.45, 2.75) is 38.6 Å². The molecule has 1 aliphatic heterocycles. The maximum absolute atomic E-state index is 12.4. The predicted molar refractivity (Wildman–Crippen MR) is 111 cm³/mol. The first-order chi connectivity index (χ1) is 13.6. The van der Waals surface area contributed by atoms with Gasteiger partial charge in [0.25, 0.3) is 0 Å². The molecule has 1 aromatic carbocycles. The Balaban J connectivity index is 1.30. The monoisotopic (exact) mass is 389 g/mol. The Hall–Kier alpha value is -1.79. The standard InChI is InChI=1S/C22H35N3O3/c1-18-5-3-4-6-21(18)23-22(26)17-25-13-11-24(12-14-25)15-16-28-20-9-7-19(27-2)8-10-20/h7-10,18,21H,3-6,11-17H2,1-2H3,(H,23,26)/t18-,21-/m0/s1. The van der Waals surface area contributed by atoms with Gasteiger partial charge in [0.15, 0.2) is 0 Å². The van der Waals surface area contributed by atoms with Crippen LogP contribution in [0.3, 0.4) is 0 Å². The van der Waals surface area contributed by atoms with E-state index in [-0.39, 0.29) is 5.91 Å². The summed E-state index contributed by atoms with van der Waals surface area (Å²) in [5, 5.41) is 3.26. The summed E-state index contributed by atoms with van der Waals surface area (Å²) in [4.78, 5) is 17.1. The number of carbonyl (C=O) groups excluding carboxylic acids is 1. The van der Waals surface area contributed by atoms with Crippen molar-refractivity contribution in [1.29, 1.82) is 0 Å². The van der Waals surface area contributed by atoms with Crippen LogP contribution >= 0.6 is 0 Å². The molecule has 2 fully saturated rings. The summed E-state index contributed by atoms with van der Waals surface area (Å²) in [6, 6.07) is 8.06. The maximum atomic E-state index is 12.4. The van der Waals surface area contributed by atoms with E-state index in [2.05, 4.69) is 22.0 Å². The van der Waals surface area contributed by atoms with Crippen molar-refractivity contribution in [2.24, 2.45) is 5.92 Å². The normalized spacial score (nSPS) is 23.9. The van der Waals surface area contributed by atoms with Crippen molar-refractivity contribution in [1.82, 2.24) is 15.1 Å². The van der Waals surface area contributed by atoms with Gasteiger partial charge < -0.3 is 14.8 Å². The summed E-state index contributed by atoms with van der Waals surface area (Å²) in [6.07, 6.45) is 4.92. The van der Waals surface area contributed by atoms with E-state index >= 15 is 0 Å². The van der Waals surface area contributed by atoms with Crippen LogP contribution in [0.2, 0.25) is 0 Å². The van der Waals surface area contributed by atoms with Crippen molar-refractivity contribution in [3.8, 4) is 11.5 Å². The smallest absolute Gasteiger partial charge is 0.234 e. The second kappa shape index (κ2) is 10.7. The molecule has 0 unspecified atom stereocenters. The number of piperazine rings is 1. The molecule has 1 saturated heterocycles. The minimum atomic E-state index is 0.190. The lowest BCUT2D eigenvalue weighted by Gasteiger charge is -2.35. The molecule has 0 bridgehead atoms. The first-order valence-electron chi connectivity index (χ1n) is 10.6. The minimum absolute atomic E-state index is 0.190. The fourth-order valence-corrected chi connectivity index (χ4v) is 4.12. The van der Waals surface area contributed by atoms with E-state index in [1.165, 1.54) is 19.3 Å². The van der Waals surface area contributed by atoms with Gasteiger partial charge in [-0.1, -0.05) is 19.8 Å². The SMILES string of the molecule is COc1ccc(OCCN2CCN(CC(=O)N[C@H]3CCCC[C@@H]3C)CC2)cc1. The first-order valence-corrected chi connectivity index (χ1v) is 10.6. The van der Waals surface area contributed by atoms with Crippen molar-refractivity contribution in [3.05, 3.63) is 24.3 Å². The van der Waals surface area contributed by atoms with Crippen LogP contribution in [0.1, 0.15) is 32.6 Å². The van der Waals surface area contributed by atoms with Gasteiger partial charge >= 0.3 is 0 Å². The lowest BCUT2D eigenvalue weighted by molar-refractivity contribution is -0.124. The van der Waals surface area contributed by atoms with Crippen molar-refractivity contribution in [3.63, 3.8) is 0 Å². The number of nitrogens with zero attached hydrogens (tertiary/aromatic N) is 2. The molecule has 1 aromatic rings. The maximum Gasteiger partial charge on any atom is 0.234 e. The molecular weight excluding hydrogens is 354 g/mol. The number of nitrogens with one attached hydrogen (secondary N) is 1. The second-order valence-corrected chi connectivity index (χ2v) is 8.08. The summed E-state index contributed by atoms with van der Waals surface area (Å²) in [5.74, 6) is 2.51. The van der Waals surface area contributed by atoms with E-state index < -0.39 is 0 Å². The van der Waals surface area contributed by atoms with Crippen molar-refractivity contribution in [2.75, 3.05) is 53.0 Å². The Labute approximate surface area is 169 Å². The van der Waals surface area contributed by atoms with Gasteiger partial charge in [0, 0.05) is 38.8 Å². The average molecular weight is 390 g/mol. The van der Waals surface area contributed by atoms with Crippen LogP contribution in [0, 0.1) is 5.92 Å². The highest BCUT2D eigenvalue weighted by molar-refractivity contribution is 5.78. The highest BCUT2D eigenvalue weighted by Gasteiger charge is 2.24. The predicted octanol–water partition coefficient (Wildman–Crippen LogP) is 2.39. The molecule has 6 heteroatoms. The molecule has 0 aromatic heterocycles. The zero-order valence-electron chi connectivity index (χ0n) is 17.4. The van der Waals surface area contributed by atoms with E-state index in [1.54, 1.807) is 7.11 Å². The highest BCUT2D eigenvalue weighted by atomic mass is 16.5. The minimum Gasteiger partial charge on any atom is -0.497 e. The first kappa shape index (κ1) is 20.9. The number of hydrogen-bond acceptors (Lipinski definition) is 5. The fraction of sp³-hybridized carbons (Fsp3) is 0.682. The molecule has 1 aliphatic carbocycles. The Morgan fingerprint density at radius 2 is 1.68 bits per heavy atom. The van der Waals surface area contributed by atoms with Gasteiger partial charge in [-0.15, -0.1) is 0 Å². The third-order valence-corrected chi connectivity index (χ3v) is 6.03. The Kier molecular flexibility index (Phi) is 7.98. The van der Waals surface area contributed by atoms with E-state index in [1.807, 2.05) is 24.3 Å². The molecule has 6 nitrogen and oxygen atoms in total. The number of amides is 1. The van der Waals surface area contributed by atoms with Crippen LogP contribution in [0.25, 0.3) is 0 Å². The summed E-state index contributed by atoms with van der Waals surface area (Å²) in [6.45, 7) is 8.22. The number of rotatable bonds is 8. The molecule has 1 saturated carbocycles. The van der Waals surface area contributed by atoms with E-state index in [0.29, 0.717) is 25.1 Å². The van der Waals surface area contributed by atoms with E-state index in [0.717, 1.165) is 50.6 Å². The molecule has 1 heterocycles. The van der Waals surface area contributed by atoms with Gasteiger partial charge in [-0.05, 0) is 43.0 Å². The molecule has 28 heavy (non-hydrogen) atoms. The number of methoxy groups -OCH3 is 1. The largest absolute Gasteiger partial charge is 0.497 e. The van der Waals surface area contributed by atoms with Crippen LogP contribution in [0.4, 0.5) is 0 Å². The van der Waals surface area contributed by atoms with Gasteiger partial charge in [0.2, 0.25) is 5.91 Å². The van der Waals surface area contributed by atoms with Crippen molar-refractivity contribution < 1.29 is 14.3 Å². The molecule has 156 valence electrons. The Bertz CT molecular complexity index is 600. The number of hydrogen-bond donors (Lipinski definition) is 1. The Morgan fingerprint density at radius 3 is 2.36 bits per heavy atom. The lowest BCUT2D eigenvalue weighted by atomic mass is 9.86. The summed E-state index contributed by atoms with van der Waals surface area (Å²) >= 11 is 0. The molecule has 3 rings (SSSR count). The molecule has 0 spiro atoms. The molecule has 1 N–H and O–H groups in total. The van der Waals surface area contributed by atoms with Crippen LogP contribution in [0.5, 0.6) is 11.5 Å². The molecule has 1 amide bonds. The number of benzene rings is 1. The molecular formula is C22H35N3O3. The fourth-order valence-electron chi connectivity index (χ4n) is 4.12. The lowest BCUT2D eigenvalue weighted by Crippen LogP contribution is -2.51. The van der Waals surface area contributed by atoms with Crippen LogP contribution in [0.15, 0.2) is 24.3 Å². The molecule has 2 aliphatic rings. The summed E-state index contributed by atoms with van der Waals surface area (Å²) in [7, 11) is 1.66. The summed E-state index contributed by atoms with van der Waals surface area (Å²) in [5.41, 5.74) is 0. The average Bonchev–Trinajstić information content (AvgIpc) is 2.71. The van der Waals surface area contributed by atoms with Gasteiger partial charge in [-0.25, -0.2) is 0 Å². The highest BCUT2D eigenvalue weighted by Crippen LogP contribution is 2.23. The van der Waals surface area contributed by atoms with Gasteiger partial charge in [0.1, 0.15) is 18.1 Å². The van der Waals surface area contributed by atoms with Crippen LogP contribution in [-0.4, -0.2) is 74.7 Å². The Morgan fingerprint density at radius 1 is 1.04 bits per heavy atom. The number of carbonyl (C=O) groups is 1.